The Bertz CT molecular complexity index is 912. The third-order valence-corrected chi connectivity index (χ3v) is 5.89. The summed E-state index contributed by atoms with van der Waals surface area (Å²) in [7, 11) is 0. The largest absolute Gasteiger partial charge is 0.338 e. The summed E-state index contributed by atoms with van der Waals surface area (Å²) in [5.74, 6) is -0.389. The predicted molar refractivity (Wildman–Crippen MR) is 94.5 cm³/mol. The van der Waals surface area contributed by atoms with Crippen molar-refractivity contribution in [2.24, 2.45) is 5.73 Å². The maximum Gasteiger partial charge on any atom is 0.244 e. The average molecular weight is 373 g/mol. The van der Waals surface area contributed by atoms with Gasteiger partial charge in [-0.25, -0.2) is 8.78 Å². The van der Waals surface area contributed by atoms with E-state index in [1.54, 1.807) is 0 Å². The fourth-order valence-corrected chi connectivity index (χ4v) is 3.97. The minimum Gasteiger partial charge on any atom is -0.338 e. The Morgan fingerprint density at radius 3 is 2.54 bits per heavy atom. The SMILES string of the molecule is NC1(c2noc(C(Sc3ccc(F)cc3F)c3ccccc3)n2)CCC1. The molecule has 1 atom stereocenters. The Morgan fingerprint density at radius 2 is 1.88 bits per heavy atom. The first-order valence-electron chi connectivity index (χ1n) is 8.35. The van der Waals surface area contributed by atoms with Crippen LogP contribution in [0, 0.1) is 11.6 Å². The van der Waals surface area contributed by atoms with Crippen LogP contribution in [0.1, 0.15) is 41.8 Å². The Morgan fingerprint density at radius 1 is 1.12 bits per heavy atom. The van der Waals surface area contributed by atoms with Gasteiger partial charge >= 0.3 is 0 Å². The van der Waals surface area contributed by atoms with Crippen LogP contribution in [0.5, 0.6) is 0 Å². The maximum atomic E-state index is 14.2. The quantitative estimate of drug-likeness (QED) is 0.664. The lowest BCUT2D eigenvalue weighted by Crippen LogP contribution is -2.44. The van der Waals surface area contributed by atoms with E-state index in [1.807, 2.05) is 30.3 Å². The second kappa shape index (κ2) is 6.81. The molecule has 3 aromatic rings. The second-order valence-electron chi connectivity index (χ2n) is 6.45. The summed E-state index contributed by atoms with van der Waals surface area (Å²) < 4.78 is 32.8. The molecular formula is C19H17F2N3OS. The van der Waals surface area contributed by atoms with Crippen molar-refractivity contribution in [3.05, 3.63) is 77.4 Å². The van der Waals surface area contributed by atoms with Crippen LogP contribution < -0.4 is 5.73 Å². The monoisotopic (exact) mass is 373 g/mol. The van der Waals surface area contributed by atoms with Gasteiger partial charge in [-0.2, -0.15) is 4.98 Å². The Balaban J connectivity index is 1.70. The van der Waals surface area contributed by atoms with Crippen molar-refractivity contribution in [3.8, 4) is 0 Å². The predicted octanol–water partition coefficient (Wildman–Crippen LogP) is 4.57. The van der Waals surface area contributed by atoms with E-state index in [0.29, 0.717) is 16.6 Å². The van der Waals surface area contributed by atoms with Crippen LogP contribution >= 0.6 is 11.8 Å². The number of hydrogen-bond donors (Lipinski definition) is 1. The van der Waals surface area contributed by atoms with E-state index in [-0.39, 0.29) is 0 Å². The zero-order valence-corrected chi connectivity index (χ0v) is 14.7. The van der Waals surface area contributed by atoms with Crippen molar-refractivity contribution in [1.82, 2.24) is 10.1 Å². The molecule has 26 heavy (non-hydrogen) atoms. The molecule has 7 heteroatoms. The molecule has 1 fully saturated rings. The fraction of sp³-hybridized carbons (Fsp3) is 0.263. The average Bonchev–Trinajstić information content (AvgIpc) is 3.10. The van der Waals surface area contributed by atoms with E-state index in [2.05, 4.69) is 10.1 Å². The smallest absolute Gasteiger partial charge is 0.244 e. The molecule has 4 rings (SSSR count). The lowest BCUT2D eigenvalue weighted by molar-refractivity contribution is 0.229. The minimum atomic E-state index is -0.620. The van der Waals surface area contributed by atoms with Gasteiger partial charge in [0.05, 0.1) is 5.54 Å². The zero-order chi connectivity index (χ0) is 18.1. The van der Waals surface area contributed by atoms with E-state index in [1.165, 1.54) is 23.9 Å². The van der Waals surface area contributed by atoms with Gasteiger partial charge in [-0.05, 0) is 37.0 Å². The fourth-order valence-electron chi connectivity index (χ4n) is 2.91. The van der Waals surface area contributed by atoms with Gasteiger partial charge in [0, 0.05) is 11.0 Å². The van der Waals surface area contributed by atoms with Gasteiger partial charge in [-0.1, -0.05) is 35.5 Å². The third kappa shape index (κ3) is 3.24. The zero-order valence-electron chi connectivity index (χ0n) is 13.9. The van der Waals surface area contributed by atoms with Gasteiger partial charge in [0.1, 0.15) is 16.9 Å². The number of rotatable bonds is 5. The molecule has 0 saturated heterocycles. The van der Waals surface area contributed by atoms with E-state index >= 15 is 0 Å². The Labute approximate surface area is 153 Å². The molecule has 0 bridgehead atoms. The molecule has 134 valence electrons. The van der Waals surface area contributed by atoms with Crippen LogP contribution in [0.2, 0.25) is 0 Å². The topological polar surface area (TPSA) is 64.9 Å². The molecule has 1 unspecified atom stereocenters. The highest BCUT2D eigenvalue weighted by Gasteiger charge is 2.39. The van der Waals surface area contributed by atoms with E-state index in [0.717, 1.165) is 30.9 Å². The molecule has 0 spiro atoms. The van der Waals surface area contributed by atoms with Crippen molar-refractivity contribution in [2.75, 3.05) is 0 Å². The summed E-state index contributed by atoms with van der Waals surface area (Å²) in [6, 6.07) is 13.0. The van der Waals surface area contributed by atoms with Crippen LogP contribution in [0.25, 0.3) is 0 Å². The van der Waals surface area contributed by atoms with Gasteiger partial charge in [0.25, 0.3) is 0 Å². The van der Waals surface area contributed by atoms with Crippen LogP contribution in [0.4, 0.5) is 8.78 Å². The first kappa shape index (κ1) is 17.2. The molecule has 2 N–H and O–H groups in total. The summed E-state index contributed by atoms with van der Waals surface area (Å²) in [6.45, 7) is 0. The third-order valence-electron chi connectivity index (χ3n) is 4.60. The highest BCUT2D eigenvalue weighted by atomic mass is 32.2. The van der Waals surface area contributed by atoms with Crippen molar-refractivity contribution < 1.29 is 13.3 Å². The Hall–Kier alpha value is -2.25. The molecule has 4 nitrogen and oxygen atoms in total. The molecule has 1 saturated carbocycles. The van der Waals surface area contributed by atoms with Gasteiger partial charge in [-0.3, -0.25) is 0 Å². The van der Waals surface area contributed by atoms with Crippen molar-refractivity contribution in [2.45, 2.75) is 34.9 Å². The lowest BCUT2D eigenvalue weighted by Gasteiger charge is -2.34. The second-order valence-corrected chi connectivity index (χ2v) is 7.60. The summed E-state index contributed by atoms with van der Waals surface area (Å²) in [5, 5.41) is 3.64. The van der Waals surface area contributed by atoms with Gasteiger partial charge in [0.2, 0.25) is 5.89 Å². The number of benzene rings is 2. The van der Waals surface area contributed by atoms with Gasteiger partial charge < -0.3 is 10.3 Å². The van der Waals surface area contributed by atoms with E-state index < -0.39 is 22.4 Å². The highest BCUT2D eigenvalue weighted by molar-refractivity contribution is 7.99. The molecule has 1 aromatic heterocycles. The number of hydrogen-bond acceptors (Lipinski definition) is 5. The number of nitrogens with zero attached hydrogens (tertiary/aromatic N) is 2. The summed E-state index contributed by atoms with van der Waals surface area (Å²) in [5.41, 5.74) is 6.63. The number of nitrogens with two attached hydrogens (primary N) is 1. The molecule has 2 aromatic carbocycles. The molecule has 0 aliphatic heterocycles. The maximum absolute atomic E-state index is 14.2. The molecule has 1 heterocycles. The van der Waals surface area contributed by atoms with Crippen LogP contribution in [-0.2, 0) is 5.54 Å². The van der Waals surface area contributed by atoms with Crippen LogP contribution in [-0.4, -0.2) is 10.1 Å². The van der Waals surface area contributed by atoms with Gasteiger partial charge in [-0.15, -0.1) is 11.8 Å². The lowest BCUT2D eigenvalue weighted by atomic mass is 9.77. The number of halogens is 2. The molecular weight excluding hydrogens is 356 g/mol. The van der Waals surface area contributed by atoms with Crippen molar-refractivity contribution in [3.63, 3.8) is 0 Å². The highest BCUT2D eigenvalue weighted by Crippen LogP contribution is 2.43. The standard InChI is InChI=1S/C19H17F2N3OS/c20-13-7-8-15(14(21)11-13)26-16(12-5-2-1-3-6-12)17-23-18(24-25-17)19(22)9-4-10-19/h1-3,5-8,11,16H,4,9-10,22H2. The summed E-state index contributed by atoms with van der Waals surface area (Å²) >= 11 is 1.20. The van der Waals surface area contributed by atoms with Crippen molar-refractivity contribution >= 4 is 11.8 Å². The summed E-state index contributed by atoms with van der Waals surface area (Å²) in [6.07, 6.45) is 2.68. The summed E-state index contributed by atoms with van der Waals surface area (Å²) in [4.78, 5) is 4.82. The molecule has 1 aliphatic carbocycles. The number of aromatic nitrogens is 2. The van der Waals surface area contributed by atoms with Gasteiger partial charge in [0.15, 0.2) is 5.82 Å². The minimum absolute atomic E-state index is 0.311. The normalized spacial score (nSPS) is 16.9. The first-order chi connectivity index (χ1) is 12.5. The number of thioether (sulfide) groups is 1. The van der Waals surface area contributed by atoms with E-state index in [4.69, 9.17) is 10.3 Å². The molecule has 0 radical (unpaired) electrons. The molecule has 0 amide bonds. The molecule has 1 aliphatic rings. The first-order valence-corrected chi connectivity index (χ1v) is 9.23. The van der Waals surface area contributed by atoms with Crippen molar-refractivity contribution in [1.29, 1.82) is 0 Å². The Kier molecular flexibility index (Phi) is 4.50. The van der Waals surface area contributed by atoms with Crippen LogP contribution in [0.3, 0.4) is 0 Å². The van der Waals surface area contributed by atoms with Crippen LogP contribution in [0.15, 0.2) is 57.9 Å². The van der Waals surface area contributed by atoms with E-state index in [9.17, 15) is 8.78 Å².